The fraction of sp³-hybridized carbons (Fsp3) is 0.300. The van der Waals surface area contributed by atoms with Gasteiger partial charge in [-0.3, -0.25) is 9.69 Å². The number of nitrogens with zero attached hydrogens (tertiary/aromatic N) is 2. The zero-order valence-electron chi connectivity index (χ0n) is 14.6. The summed E-state index contributed by atoms with van der Waals surface area (Å²) in [6.07, 6.45) is 0. The molecule has 1 fully saturated rings. The Labute approximate surface area is 152 Å². The van der Waals surface area contributed by atoms with Crippen molar-refractivity contribution >= 4 is 16.9 Å². The van der Waals surface area contributed by atoms with Crippen molar-refractivity contribution in [3.63, 3.8) is 0 Å². The van der Waals surface area contributed by atoms with Crippen LogP contribution in [0.15, 0.2) is 48.5 Å². The van der Waals surface area contributed by atoms with Gasteiger partial charge in [-0.1, -0.05) is 24.3 Å². The number of hydrogen-bond donors (Lipinski definition) is 2. The third-order valence-electron chi connectivity index (χ3n) is 4.60. The Bertz CT molecular complexity index is 866. The van der Waals surface area contributed by atoms with Gasteiger partial charge in [-0.2, -0.15) is 0 Å². The number of imidazole rings is 1. The summed E-state index contributed by atoms with van der Waals surface area (Å²) >= 11 is 0. The molecule has 0 spiro atoms. The summed E-state index contributed by atoms with van der Waals surface area (Å²) in [5.41, 5.74) is 3.46. The quantitative estimate of drug-likeness (QED) is 0.741. The standard InChI is InChI=1S/C20H22N4O2/c25-20(21-8-9-24-10-12-26-13-11-24)16-5-3-4-15(14-16)19-22-17-6-1-2-7-18(17)23-19/h1-7,14H,8-13H2,(H,21,25)(H,22,23). The van der Waals surface area contributed by atoms with E-state index in [-0.39, 0.29) is 5.91 Å². The number of H-pyrrole nitrogens is 1. The van der Waals surface area contributed by atoms with E-state index < -0.39 is 0 Å². The largest absolute Gasteiger partial charge is 0.379 e. The number of aromatic amines is 1. The summed E-state index contributed by atoms with van der Waals surface area (Å²) in [5.74, 6) is 0.713. The lowest BCUT2D eigenvalue weighted by Crippen LogP contribution is -2.41. The van der Waals surface area contributed by atoms with Gasteiger partial charge in [0.05, 0.1) is 24.2 Å². The molecule has 6 nitrogen and oxygen atoms in total. The van der Waals surface area contributed by atoms with Crippen molar-refractivity contribution in [2.24, 2.45) is 0 Å². The highest BCUT2D eigenvalue weighted by Gasteiger charge is 2.12. The van der Waals surface area contributed by atoms with Gasteiger partial charge in [0, 0.05) is 37.3 Å². The zero-order chi connectivity index (χ0) is 17.8. The lowest BCUT2D eigenvalue weighted by atomic mass is 10.1. The van der Waals surface area contributed by atoms with Gasteiger partial charge in [-0.05, 0) is 24.3 Å². The maximum absolute atomic E-state index is 12.5. The number of carbonyl (C=O) groups is 1. The molecule has 6 heteroatoms. The maximum atomic E-state index is 12.5. The Hall–Kier alpha value is -2.70. The van der Waals surface area contributed by atoms with E-state index in [9.17, 15) is 4.79 Å². The van der Waals surface area contributed by atoms with Crippen LogP contribution in [0.3, 0.4) is 0 Å². The Balaban J connectivity index is 1.42. The van der Waals surface area contributed by atoms with Crippen molar-refractivity contribution in [2.75, 3.05) is 39.4 Å². The number of aromatic nitrogens is 2. The van der Waals surface area contributed by atoms with E-state index in [1.54, 1.807) is 0 Å². The molecule has 0 atom stereocenters. The van der Waals surface area contributed by atoms with E-state index in [1.807, 2.05) is 48.5 Å². The molecule has 0 aliphatic carbocycles. The number of amides is 1. The van der Waals surface area contributed by atoms with Crippen LogP contribution in [0.1, 0.15) is 10.4 Å². The molecule has 0 saturated carbocycles. The minimum absolute atomic E-state index is 0.0591. The Morgan fingerprint density at radius 2 is 2.00 bits per heavy atom. The normalized spacial score (nSPS) is 15.2. The summed E-state index contributed by atoms with van der Waals surface area (Å²) in [6.45, 7) is 4.88. The molecule has 1 aromatic heterocycles. The number of rotatable bonds is 5. The Morgan fingerprint density at radius 1 is 1.15 bits per heavy atom. The summed E-state index contributed by atoms with van der Waals surface area (Å²) in [6, 6.07) is 15.5. The van der Waals surface area contributed by atoms with Crippen LogP contribution in [0.5, 0.6) is 0 Å². The molecular weight excluding hydrogens is 328 g/mol. The smallest absolute Gasteiger partial charge is 0.251 e. The predicted molar refractivity (Wildman–Crippen MR) is 101 cm³/mol. The molecule has 0 radical (unpaired) electrons. The van der Waals surface area contributed by atoms with Crippen molar-refractivity contribution in [1.82, 2.24) is 20.2 Å². The SMILES string of the molecule is O=C(NCCN1CCOCC1)c1cccc(-c2nc3ccccc3[nH]2)c1. The second kappa shape index (κ2) is 7.68. The van der Waals surface area contributed by atoms with Gasteiger partial charge in [-0.15, -0.1) is 0 Å². The number of fused-ring (bicyclic) bond motifs is 1. The second-order valence-corrected chi connectivity index (χ2v) is 6.39. The first-order chi connectivity index (χ1) is 12.8. The molecule has 1 aliphatic rings. The first kappa shape index (κ1) is 16.8. The topological polar surface area (TPSA) is 70.2 Å². The highest BCUT2D eigenvalue weighted by molar-refractivity contribution is 5.95. The summed E-state index contributed by atoms with van der Waals surface area (Å²) < 4.78 is 5.34. The number of benzene rings is 2. The molecule has 2 heterocycles. The summed E-state index contributed by atoms with van der Waals surface area (Å²) in [4.78, 5) is 22.7. The summed E-state index contributed by atoms with van der Waals surface area (Å²) in [7, 11) is 0. The van der Waals surface area contributed by atoms with Crippen LogP contribution in [-0.2, 0) is 4.74 Å². The molecule has 134 valence electrons. The van der Waals surface area contributed by atoms with Crippen molar-refractivity contribution in [3.8, 4) is 11.4 Å². The summed E-state index contributed by atoms with van der Waals surface area (Å²) in [5, 5.41) is 3.00. The lowest BCUT2D eigenvalue weighted by molar-refractivity contribution is 0.0383. The van der Waals surface area contributed by atoms with Crippen LogP contribution in [0.4, 0.5) is 0 Å². The monoisotopic (exact) mass is 350 g/mol. The van der Waals surface area contributed by atoms with E-state index >= 15 is 0 Å². The average Bonchev–Trinajstić information content (AvgIpc) is 3.13. The maximum Gasteiger partial charge on any atom is 0.251 e. The van der Waals surface area contributed by atoms with E-state index in [0.29, 0.717) is 12.1 Å². The van der Waals surface area contributed by atoms with Crippen LogP contribution >= 0.6 is 0 Å². The highest BCUT2D eigenvalue weighted by atomic mass is 16.5. The minimum atomic E-state index is -0.0591. The highest BCUT2D eigenvalue weighted by Crippen LogP contribution is 2.21. The van der Waals surface area contributed by atoms with Gasteiger partial charge >= 0.3 is 0 Å². The van der Waals surface area contributed by atoms with Gasteiger partial charge in [-0.25, -0.2) is 4.98 Å². The lowest BCUT2D eigenvalue weighted by Gasteiger charge is -2.26. The molecule has 1 aliphatic heterocycles. The molecule has 1 amide bonds. The molecular formula is C20H22N4O2. The van der Waals surface area contributed by atoms with Crippen LogP contribution < -0.4 is 5.32 Å². The fourth-order valence-corrected chi connectivity index (χ4v) is 3.15. The minimum Gasteiger partial charge on any atom is -0.379 e. The molecule has 0 bridgehead atoms. The van der Waals surface area contributed by atoms with Gasteiger partial charge in [0.2, 0.25) is 0 Å². The van der Waals surface area contributed by atoms with Crippen LogP contribution in [0.2, 0.25) is 0 Å². The van der Waals surface area contributed by atoms with Gasteiger partial charge < -0.3 is 15.0 Å². The van der Waals surface area contributed by atoms with E-state index in [0.717, 1.165) is 55.3 Å². The second-order valence-electron chi connectivity index (χ2n) is 6.39. The Kier molecular flexibility index (Phi) is 4.95. The number of morpholine rings is 1. The van der Waals surface area contributed by atoms with Crippen molar-refractivity contribution in [1.29, 1.82) is 0 Å². The van der Waals surface area contributed by atoms with Gasteiger partial charge in [0.15, 0.2) is 0 Å². The number of carbonyl (C=O) groups excluding carboxylic acids is 1. The number of ether oxygens (including phenoxy) is 1. The van der Waals surface area contributed by atoms with Crippen LogP contribution in [0.25, 0.3) is 22.4 Å². The zero-order valence-corrected chi connectivity index (χ0v) is 14.6. The first-order valence-corrected chi connectivity index (χ1v) is 8.93. The van der Waals surface area contributed by atoms with E-state index in [1.165, 1.54) is 0 Å². The molecule has 3 aromatic rings. The number of para-hydroxylation sites is 2. The molecule has 0 unspecified atom stereocenters. The molecule has 26 heavy (non-hydrogen) atoms. The first-order valence-electron chi connectivity index (χ1n) is 8.93. The predicted octanol–water partition coefficient (Wildman–Crippen LogP) is 2.29. The fourth-order valence-electron chi connectivity index (χ4n) is 3.15. The molecule has 1 saturated heterocycles. The van der Waals surface area contributed by atoms with Crippen LogP contribution in [0, 0.1) is 0 Å². The number of hydrogen-bond acceptors (Lipinski definition) is 4. The number of nitrogens with one attached hydrogen (secondary N) is 2. The third kappa shape index (κ3) is 3.76. The average molecular weight is 350 g/mol. The molecule has 2 N–H and O–H groups in total. The van der Waals surface area contributed by atoms with E-state index in [2.05, 4.69) is 20.2 Å². The van der Waals surface area contributed by atoms with Crippen LogP contribution in [-0.4, -0.2) is 60.2 Å². The van der Waals surface area contributed by atoms with Gasteiger partial charge in [0.25, 0.3) is 5.91 Å². The van der Waals surface area contributed by atoms with E-state index in [4.69, 9.17) is 4.74 Å². The third-order valence-corrected chi connectivity index (χ3v) is 4.60. The van der Waals surface area contributed by atoms with Crippen molar-refractivity contribution in [2.45, 2.75) is 0 Å². The van der Waals surface area contributed by atoms with Crippen molar-refractivity contribution < 1.29 is 9.53 Å². The molecule has 2 aromatic carbocycles. The molecule has 4 rings (SSSR count). The van der Waals surface area contributed by atoms with Gasteiger partial charge in [0.1, 0.15) is 5.82 Å². The van der Waals surface area contributed by atoms with Crippen molar-refractivity contribution in [3.05, 3.63) is 54.1 Å². The Morgan fingerprint density at radius 3 is 2.85 bits per heavy atom.